The lowest BCUT2D eigenvalue weighted by Crippen LogP contribution is -1.96. The molecule has 26 heavy (non-hydrogen) atoms. The van der Waals surface area contributed by atoms with Crippen LogP contribution in [-0.2, 0) is 0 Å². The lowest BCUT2D eigenvalue weighted by atomic mass is 9.99. The van der Waals surface area contributed by atoms with E-state index in [0.29, 0.717) is 7.14 Å². The molecule has 0 unspecified atom stereocenters. The average Bonchev–Trinajstić information content (AvgIpc) is 2.57. The fraction of sp³-hybridized carbons (Fsp3) is 0.0526. The van der Waals surface area contributed by atoms with Crippen molar-refractivity contribution in [3.8, 4) is 22.3 Å². The fourth-order valence-corrected chi connectivity index (χ4v) is 8.12. The molecule has 0 fully saturated rings. The standard InChI is InChI=1S/C19H9FI6/c1-8-2-3-11(19(26)18(8)25)9-4-12(21)16(13(22)5-9)10-6-14(23)17(20)15(24)7-10/h2-7H,1H3. The van der Waals surface area contributed by atoms with Gasteiger partial charge in [-0.1, -0.05) is 12.1 Å². The predicted octanol–water partition coefficient (Wildman–Crippen LogP) is 9.10. The first-order valence-corrected chi connectivity index (χ1v) is 13.8. The molecule has 0 bridgehead atoms. The van der Waals surface area contributed by atoms with Crippen LogP contribution in [0.4, 0.5) is 4.39 Å². The van der Waals surface area contributed by atoms with Gasteiger partial charge in [0.1, 0.15) is 5.82 Å². The molecule has 0 nitrogen and oxygen atoms in total. The second-order valence-corrected chi connectivity index (χ2v) is 12.4. The van der Waals surface area contributed by atoms with Crippen molar-refractivity contribution in [2.24, 2.45) is 0 Å². The van der Waals surface area contributed by atoms with Crippen molar-refractivity contribution in [3.05, 3.63) is 69.2 Å². The lowest BCUT2D eigenvalue weighted by Gasteiger charge is -2.14. The number of hydrogen-bond acceptors (Lipinski definition) is 0. The van der Waals surface area contributed by atoms with Crippen LogP contribution in [0.5, 0.6) is 0 Å². The summed E-state index contributed by atoms with van der Waals surface area (Å²) in [6.45, 7) is 2.14. The van der Waals surface area contributed by atoms with Gasteiger partial charge in [0, 0.05) is 19.8 Å². The van der Waals surface area contributed by atoms with Crippen molar-refractivity contribution < 1.29 is 4.39 Å². The Bertz CT molecular complexity index is 983. The summed E-state index contributed by atoms with van der Waals surface area (Å²) < 4.78 is 20.3. The zero-order valence-corrected chi connectivity index (χ0v) is 26.1. The van der Waals surface area contributed by atoms with Crippen molar-refractivity contribution in [2.75, 3.05) is 0 Å². The summed E-state index contributed by atoms with van der Waals surface area (Å²) in [5, 5.41) is 0. The molecule has 0 saturated heterocycles. The largest absolute Gasteiger partial charge is 0.205 e. The summed E-state index contributed by atoms with van der Waals surface area (Å²) in [6.07, 6.45) is 0. The maximum atomic E-state index is 14.0. The first kappa shape index (κ1) is 22.7. The molecule has 3 rings (SSSR count). The van der Waals surface area contributed by atoms with Gasteiger partial charge >= 0.3 is 0 Å². The average molecular weight is 1020 g/mol. The van der Waals surface area contributed by atoms with E-state index >= 15 is 0 Å². The quantitative estimate of drug-likeness (QED) is 0.178. The number of aryl methyl sites for hydroxylation is 1. The molecule has 0 spiro atoms. The van der Waals surface area contributed by atoms with E-state index in [1.165, 1.54) is 36.5 Å². The summed E-state index contributed by atoms with van der Waals surface area (Å²) >= 11 is 13.8. The van der Waals surface area contributed by atoms with E-state index in [2.05, 4.69) is 167 Å². The van der Waals surface area contributed by atoms with Gasteiger partial charge in [-0.05, 0) is 189 Å². The van der Waals surface area contributed by atoms with Crippen LogP contribution in [0.3, 0.4) is 0 Å². The Morgan fingerprint density at radius 2 is 1.15 bits per heavy atom. The van der Waals surface area contributed by atoms with E-state index in [1.807, 2.05) is 12.1 Å². The van der Waals surface area contributed by atoms with Crippen molar-refractivity contribution >= 4 is 136 Å². The zero-order chi connectivity index (χ0) is 19.2. The minimum Gasteiger partial charge on any atom is -0.205 e. The summed E-state index contributed by atoms with van der Waals surface area (Å²) in [5.74, 6) is -0.139. The van der Waals surface area contributed by atoms with Crippen molar-refractivity contribution in [1.82, 2.24) is 0 Å². The molecule has 0 saturated carbocycles. The van der Waals surface area contributed by atoms with Gasteiger partial charge in [0.2, 0.25) is 0 Å². The molecule has 134 valence electrons. The van der Waals surface area contributed by atoms with Crippen LogP contribution in [0.15, 0.2) is 36.4 Å². The minimum absolute atomic E-state index is 0.139. The Morgan fingerprint density at radius 3 is 1.69 bits per heavy atom. The fourth-order valence-electron chi connectivity index (χ4n) is 2.57. The van der Waals surface area contributed by atoms with Crippen LogP contribution >= 0.6 is 136 Å². The van der Waals surface area contributed by atoms with Crippen LogP contribution < -0.4 is 0 Å². The van der Waals surface area contributed by atoms with E-state index in [9.17, 15) is 4.39 Å². The second kappa shape index (κ2) is 9.41. The number of rotatable bonds is 2. The molecule has 0 heterocycles. The Balaban J connectivity index is 2.18. The minimum atomic E-state index is -0.139. The maximum Gasteiger partial charge on any atom is 0.149 e. The van der Waals surface area contributed by atoms with Gasteiger partial charge < -0.3 is 0 Å². The highest BCUT2D eigenvalue weighted by atomic mass is 127. The molecule has 0 N–H and O–H groups in total. The molecule has 3 aromatic rings. The monoisotopic (exact) mass is 1020 g/mol. The van der Waals surface area contributed by atoms with Crippen molar-refractivity contribution in [2.45, 2.75) is 6.92 Å². The molecule has 0 aliphatic heterocycles. The lowest BCUT2D eigenvalue weighted by molar-refractivity contribution is 0.613. The summed E-state index contributed by atoms with van der Waals surface area (Å²) in [5.41, 5.74) is 6.01. The summed E-state index contributed by atoms with van der Waals surface area (Å²) in [4.78, 5) is 0. The van der Waals surface area contributed by atoms with Crippen molar-refractivity contribution in [3.63, 3.8) is 0 Å². The van der Waals surface area contributed by atoms with Gasteiger partial charge in [0.05, 0.1) is 7.14 Å². The normalized spacial score (nSPS) is 11.1. The Kier molecular flexibility index (Phi) is 8.20. The number of hydrogen-bond donors (Lipinski definition) is 0. The molecule has 0 radical (unpaired) electrons. The molecule has 3 aromatic carbocycles. The predicted molar refractivity (Wildman–Crippen MR) is 158 cm³/mol. The van der Waals surface area contributed by atoms with Crippen LogP contribution in [-0.4, -0.2) is 0 Å². The van der Waals surface area contributed by atoms with Gasteiger partial charge in [-0.15, -0.1) is 0 Å². The molecule has 0 atom stereocenters. The van der Waals surface area contributed by atoms with Gasteiger partial charge in [-0.25, -0.2) is 4.39 Å². The first-order chi connectivity index (χ1) is 12.2. The Hall–Kier alpha value is 1.97. The highest BCUT2D eigenvalue weighted by molar-refractivity contribution is 14.1. The van der Waals surface area contributed by atoms with Crippen LogP contribution in [0.2, 0.25) is 0 Å². The summed E-state index contributed by atoms with van der Waals surface area (Å²) in [6, 6.07) is 12.7. The molecular formula is C19H9FI6. The van der Waals surface area contributed by atoms with Crippen molar-refractivity contribution in [1.29, 1.82) is 0 Å². The van der Waals surface area contributed by atoms with Crippen LogP contribution in [0.25, 0.3) is 22.3 Å². The maximum absolute atomic E-state index is 14.0. The number of halogens is 7. The van der Waals surface area contributed by atoms with Crippen LogP contribution in [0.1, 0.15) is 5.56 Å². The van der Waals surface area contributed by atoms with E-state index in [4.69, 9.17) is 0 Å². The number of benzene rings is 3. The molecular weight excluding hydrogens is 1010 g/mol. The molecule has 0 aromatic heterocycles. The SMILES string of the molecule is Cc1ccc(-c2cc(I)c(-c3cc(I)c(F)c(I)c3)c(I)c2)c(I)c1I. The summed E-state index contributed by atoms with van der Waals surface area (Å²) in [7, 11) is 0. The van der Waals surface area contributed by atoms with E-state index < -0.39 is 0 Å². The second-order valence-electron chi connectivity index (χ2n) is 5.63. The third-order valence-corrected chi connectivity index (χ3v) is 10.7. The first-order valence-electron chi connectivity index (χ1n) is 7.29. The molecule has 0 aliphatic rings. The van der Waals surface area contributed by atoms with Gasteiger partial charge in [0.15, 0.2) is 0 Å². The van der Waals surface area contributed by atoms with Gasteiger partial charge in [-0.3, -0.25) is 0 Å². The third kappa shape index (κ3) is 4.66. The highest BCUT2D eigenvalue weighted by Crippen LogP contribution is 2.38. The Labute approximate surface area is 234 Å². The van der Waals surface area contributed by atoms with Gasteiger partial charge in [0.25, 0.3) is 0 Å². The Morgan fingerprint density at radius 1 is 0.654 bits per heavy atom. The third-order valence-electron chi connectivity index (χ3n) is 3.90. The van der Waals surface area contributed by atoms with Crippen LogP contribution in [0, 0.1) is 34.2 Å². The molecule has 0 amide bonds. The van der Waals surface area contributed by atoms with E-state index in [-0.39, 0.29) is 5.82 Å². The highest BCUT2D eigenvalue weighted by Gasteiger charge is 2.16. The van der Waals surface area contributed by atoms with Gasteiger partial charge in [-0.2, -0.15) is 0 Å². The van der Waals surface area contributed by atoms with E-state index in [0.717, 1.165) is 5.56 Å². The van der Waals surface area contributed by atoms with E-state index in [1.54, 1.807) is 0 Å². The zero-order valence-electron chi connectivity index (χ0n) is 13.1. The smallest absolute Gasteiger partial charge is 0.149 e. The molecule has 0 aliphatic carbocycles. The molecule has 7 heteroatoms. The topological polar surface area (TPSA) is 0 Å².